The van der Waals surface area contributed by atoms with Crippen LogP contribution in [-0.4, -0.2) is 9.19 Å². The predicted octanol–water partition coefficient (Wildman–Crippen LogP) is 4.51. The van der Waals surface area contributed by atoms with Gasteiger partial charge in [0.05, 0.1) is 16.3 Å². The molecule has 2 aromatic heterocycles. The Bertz CT molecular complexity index is 753. The van der Waals surface area contributed by atoms with E-state index in [0.717, 1.165) is 10.4 Å². The minimum Gasteiger partial charge on any atom is -0.444 e. The third-order valence-corrected chi connectivity index (χ3v) is 5.18. The summed E-state index contributed by atoms with van der Waals surface area (Å²) in [5.74, 6) is 1.42. The summed E-state index contributed by atoms with van der Waals surface area (Å²) >= 11 is 7.49. The summed E-state index contributed by atoms with van der Waals surface area (Å²) in [5, 5.41) is 2.63. The van der Waals surface area contributed by atoms with Crippen LogP contribution >= 0.6 is 22.9 Å². The first-order valence-corrected chi connectivity index (χ1v) is 9.03. The molecule has 0 radical (unpaired) electrons. The number of rotatable bonds is 5. The molecular weight excluding hydrogens is 326 g/mol. The quantitative estimate of drug-likeness (QED) is 0.688. The van der Waals surface area contributed by atoms with Gasteiger partial charge in [0.1, 0.15) is 6.26 Å². The van der Waals surface area contributed by atoms with Gasteiger partial charge >= 0.3 is 0 Å². The second-order valence-electron chi connectivity index (χ2n) is 4.48. The lowest BCUT2D eigenvalue weighted by Crippen LogP contribution is -1.99. The molecule has 3 aromatic rings. The molecule has 0 aliphatic carbocycles. The molecule has 2 heterocycles. The highest BCUT2D eigenvalue weighted by molar-refractivity contribution is 7.83. The Kier molecular flexibility index (Phi) is 4.53. The third-order valence-electron chi connectivity index (χ3n) is 2.81. The number of benzene rings is 1. The predicted molar refractivity (Wildman–Crippen MR) is 86.8 cm³/mol. The molecule has 0 fully saturated rings. The Labute approximate surface area is 134 Å². The smallest absolute Gasteiger partial charge is 0.236 e. The number of nitrogens with zero attached hydrogens (tertiary/aromatic N) is 1. The summed E-state index contributed by atoms with van der Waals surface area (Å²) in [7, 11) is -1.04. The lowest BCUT2D eigenvalue weighted by Gasteiger charge is -2.01. The number of halogens is 1. The van der Waals surface area contributed by atoms with Gasteiger partial charge in [-0.05, 0) is 29.1 Å². The maximum atomic E-state index is 12.2. The molecule has 0 aliphatic heterocycles. The van der Waals surface area contributed by atoms with E-state index in [1.165, 1.54) is 0 Å². The second-order valence-corrected chi connectivity index (χ2v) is 7.32. The van der Waals surface area contributed by atoms with Gasteiger partial charge in [-0.15, -0.1) is 11.3 Å². The minimum atomic E-state index is -1.04. The van der Waals surface area contributed by atoms with Crippen LogP contribution < -0.4 is 0 Å². The van der Waals surface area contributed by atoms with Crippen LogP contribution in [0.15, 0.2) is 52.5 Å². The first kappa shape index (κ1) is 14.5. The SMILES string of the molecule is O=S(Cc1cccc(Cl)c1)Cc1coc(-c2cccs2)n1. The van der Waals surface area contributed by atoms with Crippen molar-refractivity contribution >= 4 is 33.7 Å². The van der Waals surface area contributed by atoms with Crippen LogP contribution in [0.3, 0.4) is 0 Å². The van der Waals surface area contributed by atoms with E-state index in [9.17, 15) is 4.21 Å². The van der Waals surface area contributed by atoms with Gasteiger partial charge in [0.2, 0.25) is 5.89 Å². The van der Waals surface area contributed by atoms with Crippen LogP contribution in [0, 0.1) is 0 Å². The van der Waals surface area contributed by atoms with Gasteiger partial charge in [0.25, 0.3) is 0 Å². The van der Waals surface area contributed by atoms with E-state index < -0.39 is 10.8 Å². The van der Waals surface area contributed by atoms with E-state index in [1.807, 2.05) is 35.7 Å². The maximum absolute atomic E-state index is 12.2. The number of oxazole rings is 1. The zero-order valence-electron chi connectivity index (χ0n) is 11.0. The number of thiophene rings is 1. The van der Waals surface area contributed by atoms with Gasteiger partial charge in [-0.25, -0.2) is 4.98 Å². The fraction of sp³-hybridized carbons (Fsp3) is 0.133. The van der Waals surface area contributed by atoms with Crippen molar-refractivity contribution in [2.24, 2.45) is 0 Å². The molecule has 0 aliphatic rings. The molecule has 3 rings (SSSR count). The normalized spacial score (nSPS) is 12.4. The topological polar surface area (TPSA) is 43.1 Å². The van der Waals surface area contributed by atoms with Crippen LogP contribution in [0.25, 0.3) is 10.8 Å². The Morgan fingerprint density at radius 1 is 1.24 bits per heavy atom. The zero-order valence-corrected chi connectivity index (χ0v) is 13.4. The minimum absolute atomic E-state index is 0.376. The standard InChI is InChI=1S/C15H12ClNO2S2/c16-12-4-1-3-11(7-12)9-21(18)10-13-8-19-15(17-13)14-5-2-6-20-14/h1-8H,9-10H2. The molecule has 6 heteroatoms. The van der Waals surface area contributed by atoms with Crippen molar-refractivity contribution < 1.29 is 8.63 Å². The molecule has 108 valence electrons. The third kappa shape index (κ3) is 3.81. The number of hydrogen-bond donors (Lipinski definition) is 0. The lowest BCUT2D eigenvalue weighted by molar-refractivity contribution is 0.574. The van der Waals surface area contributed by atoms with E-state index in [-0.39, 0.29) is 0 Å². The lowest BCUT2D eigenvalue weighted by atomic mass is 10.2. The van der Waals surface area contributed by atoms with Crippen LogP contribution in [-0.2, 0) is 22.3 Å². The van der Waals surface area contributed by atoms with Gasteiger partial charge in [0.15, 0.2) is 0 Å². The summed E-state index contributed by atoms with van der Waals surface area (Å²) in [4.78, 5) is 5.35. The molecule has 3 nitrogen and oxygen atoms in total. The van der Waals surface area contributed by atoms with Crippen molar-refractivity contribution in [2.45, 2.75) is 11.5 Å². The highest BCUT2D eigenvalue weighted by Gasteiger charge is 2.11. The van der Waals surface area contributed by atoms with Crippen molar-refractivity contribution in [1.29, 1.82) is 0 Å². The average Bonchev–Trinajstić information content (AvgIpc) is 3.08. The highest BCUT2D eigenvalue weighted by atomic mass is 35.5. The fourth-order valence-corrected chi connectivity index (χ4v) is 3.90. The molecular formula is C15H12ClNO2S2. The van der Waals surface area contributed by atoms with Gasteiger partial charge < -0.3 is 4.42 Å². The van der Waals surface area contributed by atoms with Crippen LogP contribution in [0.4, 0.5) is 0 Å². The Hall–Kier alpha value is -1.43. The summed E-state index contributed by atoms with van der Waals surface area (Å²) in [5.41, 5.74) is 1.67. The Balaban J connectivity index is 1.65. The molecule has 1 unspecified atom stereocenters. The average molecular weight is 338 g/mol. The van der Waals surface area contributed by atoms with E-state index in [0.29, 0.717) is 28.1 Å². The van der Waals surface area contributed by atoms with Crippen LogP contribution in [0.1, 0.15) is 11.3 Å². The summed E-state index contributed by atoms with van der Waals surface area (Å²) in [6, 6.07) is 11.3. The number of aromatic nitrogens is 1. The molecule has 0 saturated heterocycles. The van der Waals surface area contributed by atoms with E-state index in [4.69, 9.17) is 16.0 Å². The van der Waals surface area contributed by atoms with Crippen molar-refractivity contribution in [3.63, 3.8) is 0 Å². The second kappa shape index (κ2) is 6.56. The molecule has 0 amide bonds. The van der Waals surface area contributed by atoms with Crippen LogP contribution in [0.2, 0.25) is 5.02 Å². The first-order valence-electron chi connectivity index (χ1n) is 6.28. The first-order chi connectivity index (χ1) is 10.2. The Morgan fingerprint density at radius 3 is 2.90 bits per heavy atom. The molecule has 0 bridgehead atoms. The fourth-order valence-electron chi connectivity index (χ4n) is 1.92. The monoisotopic (exact) mass is 337 g/mol. The molecule has 1 atom stereocenters. The van der Waals surface area contributed by atoms with Gasteiger partial charge in [-0.2, -0.15) is 0 Å². The Morgan fingerprint density at radius 2 is 2.14 bits per heavy atom. The summed E-state index contributed by atoms with van der Waals surface area (Å²) in [6.07, 6.45) is 1.57. The van der Waals surface area contributed by atoms with Crippen LogP contribution in [0.5, 0.6) is 0 Å². The summed E-state index contributed by atoms with van der Waals surface area (Å²) in [6.45, 7) is 0. The molecule has 0 spiro atoms. The van der Waals surface area contributed by atoms with Crippen molar-refractivity contribution in [1.82, 2.24) is 4.98 Å². The maximum Gasteiger partial charge on any atom is 0.236 e. The largest absolute Gasteiger partial charge is 0.444 e. The molecule has 0 saturated carbocycles. The zero-order chi connectivity index (χ0) is 14.7. The molecule has 21 heavy (non-hydrogen) atoms. The van der Waals surface area contributed by atoms with Crippen molar-refractivity contribution in [3.8, 4) is 10.8 Å². The van der Waals surface area contributed by atoms with Crippen molar-refractivity contribution in [3.05, 3.63) is 64.3 Å². The van der Waals surface area contributed by atoms with Gasteiger partial charge in [0, 0.05) is 21.6 Å². The van der Waals surface area contributed by atoms with E-state index in [2.05, 4.69) is 4.98 Å². The summed E-state index contributed by atoms with van der Waals surface area (Å²) < 4.78 is 17.6. The van der Waals surface area contributed by atoms with Gasteiger partial charge in [-0.3, -0.25) is 4.21 Å². The number of hydrogen-bond acceptors (Lipinski definition) is 4. The van der Waals surface area contributed by atoms with Crippen molar-refractivity contribution in [2.75, 3.05) is 0 Å². The molecule has 1 aromatic carbocycles. The van der Waals surface area contributed by atoms with Gasteiger partial charge in [-0.1, -0.05) is 29.8 Å². The van der Waals surface area contributed by atoms with E-state index in [1.54, 1.807) is 23.7 Å². The molecule has 0 N–H and O–H groups in total. The van der Waals surface area contributed by atoms with E-state index >= 15 is 0 Å². The highest BCUT2D eigenvalue weighted by Crippen LogP contribution is 2.24.